The Labute approximate surface area is 141 Å². The third-order valence-corrected chi connectivity index (χ3v) is 4.72. The lowest BCUT2D eigenvalue weighted by Crippen LogP contribution is -2.34. The average molecular weight is 353 g/mol. The van der Waals surface area contributed by atoms with Gasteiger partial charge in [-0.15, -0.1) is 11.8 Å². The van der Waals surface area contributed by atoms with Gasteiger partial charge in [0.25, 0.3) is 5.91 Å². The summed E-state index contributed by atoms with van der Waals surface area (Å²) in [6.45, 7) is -0.406. The van der Waals surface area contributed by atoms with Crippen molar-refractivity contribution in [2.24, 2.45) is 0 Å². The van der Waals surface area contributed by atoms with Gasteiger partial charge in [0.15, 0.2) is 18.2 Å². The minimum Gasteiger partial charge on any atom is -0.481 e. The zero-order valence-electron chi connectivity index (χ0n) is 12.5. The molecule has 1 atom stereocenters. The number of fused-ring (bicyclic) bond motifs is 1. The monoisotopic (exact) mass is 353 g/mol. The van der Waals surface area contributed by atoms with Gasteiger partial charge in [0.2, 0.25) is 0 Å². The minimum absolute atomic E-state index is 0.197. The predicted octanol–water partition coefficient (Wildman–Crippen LogP) is 3.84. The Hall–Kier alpha value is -2.15. The lowest BCUT2D eigenvalue weighted by atomic mass is 10.0. The van der Waals surface area contributed by atoms with Crippen molar-refractivity contribution in [1.82, 2.24) is 5.32 Å². The number of benzene rings is 2. The Morgan fingerprint density at radius 1 is 1.17 bits per heavy atom. The van der Waals surface area contributed by atoms with Crippen LogP contribution in [0.25, 0.3) is 0 Å². The van der Waals surface area contributed by atoms with Crippen molar-refractivity contribution in [2.75, 3.05) is 12.4 Å². The fourth-order valence-corrected chi connectivity index (χ4v) is 3.59. The molecule has 0 saturated heterocycles. The summed E-state index contributed by atoms with van der Waals surface area (Å²) in [4.78, 5) is 13.0. The maximum absolute atomic E-state index is 13.5. The molecule has 1 heterocycles. The lowest BCUT2D eigenvalue weighted by molar-refractivity contribution is -0.123. The highest BCUT2D eigenvalue weighted by Crippen LogP contribution is 2.36. The second-order valence-electron chi connectivity index (χ2n) is 5.30. The van der Waals surface area contributed by atoms with Crippen molar-refractivity contribution in [3.05, 3.63) is 59.4 Å². The maximum Gasteiger partial charge on any atom is 0.258 e. The smallest absolute Gasteiger partial charge is 0.258 e. The lowest BCUT2D eigenvalue weighted by Gasteiger charge is -2.26. The molecule has 1 amide bonds. The molecule has 0 radical (unpaired) electrons. The molecule has 126 valence electrons. The average Bonchev–Trinajstić information content (AvgIpc) is 2.54. The Kier molecular flexibility index (Phi) is 4.99. The normalized spacial score (nSPS) is 16.4. The number of ether oxygens (including phenoxy) is 1. The summed E-state index contributed by atoms with van der Waals surface area (Å²) < 4.78 is 44.8. The summed E-state index contributed by atoms with van der Waals surface area (Å²) in [6.07, 6.45) is 0.664. The molecular formula is C17H14F3NO2S. The van der Waals surface area contributed by atoms with Crippen LogP contribution >= 0.6 is 11.8 Å². The van der Waals surface area contributed by atoms with Crippen LogP contribution in [0.15, 0.2) is 41.3 Å². The number of nitrogens with one attached hydrogen (secondary N) is 1. The van der Waals surface area contributed by atoms with E-state index in [-0.39, 0.29) is 17.6 Å². The number of amides is 1. The molecular weight excluding hydrogens is 339 g/mol. The van der Waals surface area contributed by atoms with Gasteiger partial charge in [-0.3, -0.25) is 4.79 Å². The van der Waals surface area contributed by atoms with Crippen molar-refractivity contribution >= 4 is 17.7 Å². The van der Waals surface area contributed by atoms with Crippen LogP contribution in [-0.2, 0) is 4.79 Å². The van der Waals surface area contributed by atoms with Gasteiger partial charge >= 0.3 is 0 Å². The third-order valence-electron chi connectivity index (χ3n) is 3.60. The summed E-state index contributed by atoms with van der Waals surface area (Å²) in [7, 11) is 0. The number of carbonyl (C=O) groups is 1. The first-order valence-electron chi connectivity index (χ1n) is 7.32. The fourth-order valence-electron chi connectivity index (χ4n) is 2.49. The molecule has 0 fully saturated rings. The van der Waals surface area contributed by atoms with Gasteiger partial charge in [-0.2, -0.15) is 0 Å². The molecule has 2 aromatic rings. The first-order valence-corrected chi connectivity index (χ1v) is 8.31. The van der Waals surface area contributed by atoms with Crippen molar-refractivity contribution in [3.8, 4) is 5.75 Å². The van der Waals surface area contributed by atoms with Crippen LogP contribution in [0.4, 0.5) is 13.2 Å². The van der Waals surface area contributed by atoms with Crippen molar-refractivity contribution in [3.63, 3.8) is 0 Å². The summed E-state index contributed by atoms with van der Waals surface area (Å²) in [5, 5.41) is 2.76. The molecule has 1 N–H and O–H groups in total. The quantitative estimate of drug-likeness (QED) is 0.908. The van der Waals surface area contributed by atoms with E-state index in [1.54, 1.807) is 17.8 Å². The Balaban J connectivity index is 1.63. The first-order chi connectivity index (χ1) is 11.5. The van der Waals surface area contributed by atoms with E-state index < -0.39 is 24.1 Å². The fraction of sp³-hybridized carbons (Fsp3) is 0.235. The first kappa shape index (κ1) is 16.7. The molecule has 0 aromatic heterocycles. The second kappa shape index (κ2) is 7.17. The molecule has 2 aromatic carbocycles. The number of halogens is 3. The number of hydrogen-bond acceptors (Lipinski definition) is 3. The van der Waals surface area contributed by atoms with E-state index in [9.17, 15) is 18.0 Å². The van der Waals surface area contributed by atoms with Crippen LogP contribution in [0.1, 0.15) is 18.0 Å². The molecule has 0 spiro atoms. The molecule has 0 aliphatic carbocycles. The molecule has 1 unspecified atom stereocenters. The summed E-state index contributed by atoms with van der Waals surface area (Å²) in [5.41, 5.74) is 0.729. The number of rotatable bonds is 4. The van der Waals surface area contributed by atoms with E-state index >= 15 is 0 Å². The Morgan fingerprint density at radius 2 is 1.92 bits per heavy atom. The molecule has 24 heavy (non-hydrogen) atoms. The van der Waals surface area contributed by atoms with Gasteiger partial charge in [-0.05, 0) is 42.3 Å². The van der Waals surface area contributed by atoms with Crippen LogP contribution < -0.4 is 10.1 Å². The van der Waals surface area contributed by atoms with Crippen molar-refractivity contribution < 1.29 is 22.7 Å². The minimum atomic E-state index is -0.871. The van der Waals surface area contributed by atoms with Gasteiger partial charge in [-0.25, -0.2) is 13.2 Å². The maximum atomic E-state index is 13.5. The molecule has 1 aliphatic rings. The number of thioether (sulfide) groups is 1. The van der Waals surface area contributed by atoms with Crippen LogP contribution in [-0.4, -0.2) is 18.3 Å². The van der Waals surface area contributed by atoms with E-state index in [4.69, 9.17) is 4.74 Å². The van der Waals surface area contributed by atoms with Gasteiger partial charge < -0.3 is 10.1 Å². The standard InChI is InChI=1S/C17H14F3NO2S/c18-10-2-4-16-12(7-10)14(5-6-24-16)21-17(22)9-23-15-3-1-11(19)8-13(15)20/h1-4,7-8,14H,5-6,9H2,(H,21,22). The van der Waals surface area contributed by atoms with E-state index in [1.165, 1.54) is 12.1 Å². The van der Waals surface area contributed by atoms with Crippen LogP contribution in [0.5, 0.6) is 5.75 Å². The second-order valence-corrected chi connectivity index (χ2v) is 6.44. The predicted molar refractivity (Wildman–Crippen MR) is 84.5 cm³/mol. The van der Waals surface area contributed by atoms with Gasteiger partial charge in [-0.1, -0.05) is 0 Å². The van der Waals surface area contributed by atoms with Crippen molar-refractivity contribution in [2.45, 2.75) is 17.4 Å². The van der Waals surface area contributed by atoms with Crippen LogP contribution in [0.3, 0.4) is 0 Å². The number of hydrogen-bond donors (Lipinski definition) is 1. The summed E-state index contributed by atoms with van der Waals surface area (Å²) in [6, 6.07) is 7.03. The summed E-state index contributed by atoms with van der Waals surface area (Å²) >= 11 is 1.61. The molecule has 0 saturated carbocycles. The highest BCUT2D eigenvalue weighted by molar-refractivity contribution is 7.99. The summed E-state index contributed by atoms with van der Waals surface area (Å²) in [5.74, 6) is -1.80. The SMILES string of the molecule is O=C(COc1ccc(F)cc1F)NC1CCSc2ccc(F)cc21. The van der Waals surface area contributed by atoms with Crippen LogP contribution in [0, 0.1) is 17.5 Å². The van der Waals surface area contributed by atoms with Gasteiger partial charge in [0.1, 0.15) is 11.6 Å². The van der Waals surface area contributed by atoms with E-state index in [0.29, 0.717) is 12.5 Å². The van der Waals surface area contributed by atoms with E-state index in [1.807, 2.05) is 0 Å². The largest absolute Gasteiger partial charge is 0.481 e. The molecule has 1 aliphatic heterocycles. The molecule has 7 heteroatoms. The zero-order valence-corrected chi connectivity index (χ0v) is 13.3. The Bertz CT molecular complexity index is 769. The highest BCUT2D eigenvalue weighted by atomic mass is 32.2. The molecule has 0 bridgehead atoms. The zero-order chi connectivity index (χ0) is 17.1. The molecule has 3 nitrogen and oxygen atoms in total. The topological polar surface area (TPSA) is 38.3 Å². The third kappa shape index (κ3) is 3.84. The van der Waals surface area contributed by atoms with E-state index in [2.05, 4.69) is 5.32 Å². The van der Waals surface area contributed by atoms with Gasteiger partial charge in [0, 0.05) is 16.7 Å². The molecule has 3 rings (SSSR count). The van der Waals surface area contributed by atoms with E-state index in [0.717, 1.165) is 28.3 Å². The van der Waals surface area contributed by atoms with Crippen molar-refractivity contribution in [1.29, 1.82) is 0 Å². The number of carbonyl (C=O) groups excluding carboxylic acids is 1. The Morgan fingerprint density at radius 3 is 2.71 bits per heavy atom. The van der Waals surface area contributed by atoms with Gasteiger partial charge in [0.05, 0.1) is 6.04 Å². The highest BCUT2D eigenvalue weighted by Gasteiger charge is 2.23. The van der Waals surface area contributed by atoms with Crippen LogP contribution in [0.2, 0.25) is 0 Å².